The van der Waals surface area contributed by atoms with Crippen molar-refractivity contribution in [3.63, 3.8) is 0 Å². The Morgan fingerprint density at radius 2 is 1.38 bits per heavy atom. The van der Waals surface area contributed by atoms with Gasteiger partial charge in [-0.15, -0.1) is 47.5 Å². The van der Waals surface area contributed by atoms with Gasteiger partial charge in [0.05, 0.1) is 13.7 Å². The molecule has 0 saturated carbocycles. The summed E-state index contributed by atoms with van der Waals surface area (Å²) in [5.74, 6) is -0.474. The molecule has 301 valence electrons. The number of aromatic nitrogens is 3. The number of furan rings is 1. The molecule has 61 heavy (non-hydrogen) atoms. The fourth-order valence-electron chi connectivity index (χ4n) is 7.45. The molecule has 10 aromatic rings. The Labute approximate surface area is 377 Å². The van der Waals surface area contributed by atoms with Gasteiger partial charge >= 0.3 is 0 Å². The van der Waals surface area contributed by atoms with E-state index in [-0.39, 0.29) is 31.3 Å². The number of benzene rings is 6. The molecule has 10 rings (SSSR count). The minimum atomic E-state index is -2.35. The molecule has 4 heterocycles. The number of nitrogens with zero attached hydrogens (tertiary/aromatic N) is 3. The summed E-state index contributed by atoms with van der Waals surface area (Å²) in [6, 6.07) is 53.6. The molecule has 4 aromatic heterocycles. The summed E-state index contributed by atoms with van der Waals surface area (Å²) in [5, 5.41) is 3.64. The van der Waals surface area contributed by atoms with E-state index in [9.17, 15) is 0 Å². The number of fused-ring (bicyclic) bond motifs is 5. The van der Waals surface area contributed by atoms with Crippen molar-refractivity contribution in [2.75, 3.05) is 0 Å². The molecule has 0 bridgehead atoms. The van der Waals surface area contributed by atoms with Gasteiger partial charge < -0.3 is 14.4 Å². The van der Waals surface area contributed by atoms with Gasteiger partial charge in [-0.3, -0.25) is 4.39 Å². The van der Waals surface area contributed by atoms with Crippen LogP contribution in [0.1, 0.15) is 23.5 Å². The van der Waals surface area contributed by atoms with Crippen LogP contribution < -0.4 is 5.19 Å². The zero-order valence-corrected chi connectivity index (χ0v) is 37.0. The van der Waals surface area contributed by atoms with Gasteiger partial charge in [-0.1, -0.05) is 158 Å². The maximum Gasteiger partial charge on any atom is 0.216 e. The van der Waals surface area contributed by atoms with Crippen LogP contribution in [0.4, 0.5) is 4.39 Å². The second kappa shape index (κ2) is 17.7. The van der Waals surface area contributed by atoms with Crippen molar-refractivity contribution in [1.82, 2.24) is 15.0 Å². The largest absolute Gasteiger partial charge is 0.486 e. The van der Waals surface area contributed by atoms with E-state index in [4.69, 9.17) is 16.3 Å². The van der Waals surface area contributed by atoms with Gasteiger partial charge in [-0.05, 0) is 68.4 Å². The number of hydrogen-bond donors (Lipinski definition) is 0. The molecule has 6 aromatic carbocycles. The molecule has 4 nitrogen and oxygen atoms in total. The van der Waals surface area contributed by atoms with E-state index in [0.29, 0.717) is 44.4 Å². The van der Waals surface area contributed by atoms with Crippen LogP contribution >= 0.6 is 0 Å². The third-order valence-corrected chi connectivity index (χ3v) is 12.5. The summed E-state index contributed by atoms with van der Waals surface area (Å²) in [4.78, 5) is 13.6. The van der Waals surface area contributed by atoms with Crippen LogP contribution in [0.25, 0.3) is 77.6 Å². The van der Waals surface area contributed by atoms with Crippen LogP contribution in [-0.4, -0.2) is 23.0 Å². The molecule has 0 unspecified atom stereocenters. The van der Waals surface area contributed by atoms with E-state index in [2.05, 4.69) is 59.9 Å². The standard InChI is InChI=1S/C27H16FN2O.C27H26NSi.Ir/c1-16-14-29-23(13-21(16)17-7-3-2-4-8-17)20-11-12-22(28)25-24-19-10-6-5-9-18(19)15-30-27(24)31-26(20)25;1-29(2,3)27-20-28-26(19-25(27)17-21-11-6-4-7-12-21)24-16-10-15-23(18-24)22-13-8-5-9-14-22;/h2-10,12-15H,1H3;4-15,18-20H,17H2,1-3H3;/q2*-1;/i1D3;17D2;. The topological polar surface area (TPSA) is 51.8 Å². The van der Waals surface area contributed by atoms with Crippen LogP contribution in [0, 0.1) is 24.8 Å². The van der Waals surface area contributed by atoms with Crippen molar-refractivity contribution in [2.24, 2.45) is 0 Å². The summed E-state index contributed by atoms with van der Waals surface area (Å²) in [5.41, 5.74) is 8.07. The molecule has 0 aliphatic carbocycles. The summed E-state index contributed by atoms with van der Waals surface area (Å²) in [7, 11) is -1.82. The third-order valence-electron chi connectivity index (χ3n) is 10.4. The molecule has 0 amide bonds. The van der Waals surface area contributed by atoms with E-state index in [1.807, 2.05) is 128 Å². The Bertz CT molecular complexity index is 3340. The number of hydrogen-bond acceptors (Lipinski definition) is 4. The fourth-order valence-corrected chi connectivity index (χ4v) is 8.84. The van der Waals surface area contributed by atoms with Crippen molar-refractivity contribution in [3.8, 4) is 44.8 Å². The average molecular weight is 993 g/mol. The molecule has 1 radical (unpaired) electrons. The van der Waals surface area contributed by atoms with Gasteiger partial charge in [-0.2, -0.15) is 0 Å². The zero-order valence-electron chi connectivity index (χ0n) is 38.6. The van der Waals surface area contributed by atoms with Crippen molar-refractivity contribution in [3.05, 3.63) is 205 Å². The summed E-state index contributed by atoms with van der Waals surface area (Å²) in [6.07, 6.45) is 3.33. The minimum absolute atomic E-state index is 0. The van der Waals surface area contributed by atoms with Crippen LogP contribution in [0.15, 0.2) is 175 Å². The Morgan fingerprint density at radius 3 is 2.11 bits per heavy atom. The molecule has 0 atom stereocenters. The first-order chi connectivity index (χ1) is 31.2. The van der Waals surface area contributed by atoms with Gasteiger partial charge in [0.1, 0.15) is 0 Å². The van der Waals surface area contributed by atoms with E-state index in [1.54, 1.807) is 12.3 Å². The van der Waals surface area contributed by atoms with Crippen molar-refractivity contribution < 1.29 is 35.8 Å². The Kier molecular flexibility index (Phi) is 10.3. The Hall–Kier alpha value is -6.37. The Balaban J connectivity index is 0.000000178. The number of aryl methyl sites for hydroxylation is 1. The van der Waals surface area contributed by atoms with Crippen molar-refractivity contribution in [2.45, 2.75) is 32.9 Å². The quantitative estimate of drug-likeness (QED) is 0.118. The van der Waals surface area contributed by atoms with Crippen molar-refractivity contribution >= 4 is 46.1 Å². The second-order valence-corrected chi connectivity index (χ2v) is 20.6. The predicted molar refractivity (Wildman–Crippen MR) is 247 cm³/mol. The monoisotopic (exact) mass is 993 g/mol. The van der Waals surface area contributed by atoms with Gasteiger partial charge in [0, 0.05) is 62.1 Å². The first-order valence-corrected chi connectivity index (χ1v) is 23.2. The molecule has 7 heteroatoms. The maximum absolute atomic E-state index is 15.1. The molecule has 0 aliphatic rings. The van der Waals surface area contributed by atoms with Crippen LogP contribution in [0.2, 0.25) is 19.6 Å². The van der Waals surface area contributed by atoms with E-state index < -0.39 is 27.1 Å². The first kappa shape index (κ1) is 35.4. The van der Waals surface area contributed by atoms with Gasteiger partial charge in [-0.25, -0.2) is 4.98 Å². The van der Waals surface area contributed by atoms with Crippen molar-refractivity contribution in [1.29, 1.82) is 0 Å². The average Bonchev–Trinajstić information content (AvgIpc) is 3.73. The number of pyridine rings is 3. The van der Waals surface area contributed by atoms with Gasteiger partial charge in [0.2, 0.25) is 5.71 Å². The summed E-state index contributed by atoms with van der Waals surface area (Å²) < 4.78 is 63.1. The number of rotatable bonds is 7. The number of halogens is 1. The zero-order chi connectivity index (χ0) is 45.5. The van der Waals surface area contributed by atoms with Gasteiger partial charge in [0.15, 0.2) is 0 Å². The summed E-state index contributed by atoms with van der Waals surface area (Å²) >= 11 is 0. The second-order valence-electron chi connectivity index (χ2n) is 15.5. The fraction of sp³-hybridized carbons (Fsp3) is 0.0926. The minimum Gasteiger partial charge on any atom is -0.486 e. The van der Waals surface area contributed by atoms with E-state index in [1.165, 1.54) is 12.3 Å². The molecule has 0 saturated heterocycles. The smallest absolute Gasteiger partial charge is 0.216 e. The SMILES string of the molecule is [2H]C([2H])([2H])c1cnc(-c2[c-]cc(F)c3c2oc2ncc4ccccc4c23)cc1-c1ccccc1.[2H]C([2H])(c1ccccc1)c1cc(-c2[c-]ccc(-c3ccccc3)c2)ncc1[Si](C)(C)C.[Ir]. The van der Waals surface area contributed by atoms with E-state index >= 15 is 4.39 Å². The van der Waals surface area contributed by atoms with Crippen LogP contribution in [0.5, 0.6) is 0 Å². The molecule has 0 aliphatic heterocycles. The molecule has 0 N–H and O–H groups in total. The molecule has 0 spiro atoms. The van der Waals surface area contributed by atoms with Gasteiger partial charge in [0.25, 0.3) is 0 Å². The third kappa shape index (κ3) is 8.64. The van der Waals surface area contributed by atoms with Crippen LogP contribution in [-0.2, 0) is 26.5 Å². The normalized spacial score (nSPS) is 13.0. The molecular weight excluding hydrogens is 946 g/mol. The maximum atomic E-state index is 15.1. The molecule has 0 fully saturated rings. The first-order valence-electron chi connectivity index (χ1n) is 22.2. The Morgan fingerprint density at radius 1 is 0.689 bits per heavy atom. The van der Waals surface area contributed by atoms with E-state index in [0.717, 1.165) is 43.9 Å². The predicted octanol–water partition coefficient (Wildman–Crippen LogP) is 13.5. The molecular formula is C54H42FIrN3OSi-2. The van der Waals surface area contributed by atoms with Crippen LogP contribution in [0.3, 0.4) is 0 Å². The summed E-state index contributed by atoms with van der Waals surface area (Å²) in [6.45, 7) is 4.35.